The second-order valence-electron chi connectivity index (χ2n) is 12.5. The highest BCUT2D eigenvalue weighted by Gasteiger charge is 2.62. The van der Waals surface area contributed by atoms with Gasteiger partial charge in [-0.1, -0.05) is 30.3 Å². The summed E-state index contributed by atoms with van der Waals surface area (Å²) < 4.78 is 77.0. The van der Waals surface area contributed by atoms with E-state index in [4.69, 9.17) is 4.74 Å². The number of aryl methyl sites for hydroxylation is 2. The minimum absolute atomic E-state index is 0.0928. The van der Waals surface area contributed by atoms with Crippen molar-refractivity contribution < 1.29 is 26.3 Å². The van der Waals surface area contributed by atoms with Crippen molar-refractivity contribution in [1.82, 2.24) is 14.9 Å². The average Bonchev–Trinajstić information content (AvgIpc) is 3.71. The van der Waals surface area contributed by atoms with E-state index in [0.717, 1.165) is 35.1 Å². The van der Waals surface area contributed by atoms with E-state index in [1.807, 2.05) is 38.1 Å². The lowest BCUT2D eigenvalue weighted by atomic mass is 9.88. The molecule has 1 N–H and O–H groups in total. The first-order valence-corrected chi connectivity index (χ1v) is 16.4. The molecule has 0 spiro atoms. The van der Waals surface area contributed by atoms with E-state index in [9.17, 15) is 21.6 Å². The van der Waals surface area contributed by atoms with Gasteiger partial charge in [-0.15, -0.1) is 0 Å². The quantitative estimate of drug-likeness (QED) is 0.352. The first-order valence-electron chi connectivity index (χ1n) is 14.9. The van der Waals surface area contributed by atoms with Crippen molar-refractivity contribution in [2.45, 2.75) is 76.0 Å². The van der Waals surface area contributed by atoms with Gasteiger partial charge < -0.3 is 4.74 Å². The molecule has 0 radical (unpaired) electrons. The predicted octanol–water partition coefficient (Wildman–Crippen LogP) is 6.70. The van der Waals surface area contributed by atoms with Crippen LogP contribution in [0.25, 0.3) is 11.3 Å². The maximum Gasteiger partial charge on any atom is 0.394 e. The van der Waals surface area contributed by atoms with Gasteiger partial charge in [0.1, 0.15) is 6.10 Å². The summed E-state index contributed by atoms with van der Waals surface area (Å²) in [5.41, 5.74) is 2.70. The number of aromatic nitrogens is 2. The average molecular weight is 615 g/mol. The number of nitrogens with one attached hydrogen (secondary N) is 1. The highest BCUT2D eigenvalue weighted by Crippen LogP contribution is 2.60. The third-order valence-corrected chi connectivity index (χ3v) is 10.5. The van der Waals surface area contributed by atoms with Crippen molar-refractivity contribution >= 4 is 16.0 Å². The first kappa shape index (κ1) is 29.9. The summed E-state index contributed by atoms with van der Waals surface area (Å²) in [7, 11) is -3.98. The molecule has 6 bridgehead atoms. The Bertz CT molecular complexity index is 1590. The molecule has 3 aromatic rings. The fourth-order valence-corrected chi connectivity index (χ4v) is 7.63. The second-order valence-corrected chi connectivity index (χ2v) is 14.1. The number of alkyl halides is 3. The molecule has 6 rings (SSSR count). The van der Waals surface area contributed by atoms with Gasteiger partial charge in [0.25, 0.3) is 10.0 Å². The van der Waals surface area contributed by atoms with Gasteiger partial charge in [-0.2, -0.15) is 18.2 Å². The summed E-state index contributed by atoms with van der Waals surface area (Å²) >= 11 is 0. The Hall–Kier alpha value is -3.18. The molecule has 3 heterocycles. The molecule has 7 nitrogen and oxygen atoms in total. The van der Waals surface area contributed by atoms with E-state index in [2.05, 4.69) is 19.6 Å². The van der Waals surface area contributed by atoms with E-state index in [-0.39, 0.29) is 48.0 Å². The number of anilines is 1. The third kappa shape index (κ3) is 6.52. The van der Waals surface area contributed by atoms with Crippen molar-refractivity contribution in [3.63, 3.8) is 0 Å². The van der Waals surface area contributed by atoms with Crippen molar-refractivity contribution in [2.24, 2.45) is 11.3 Å². The van der Waals surface area contributed by atoms with Crippen LogP contribution in [0.3, 0.4) is 0 Å². The molecule has 2 atom stereocenters. The predicted molar refractivity (Wildman–Crippen MR) is 158 cm³/mol. The summed E-state index contributed by atoms with van der Waals surface area (Å²) in [6.07, 6.45) is -0.968. The molecule has 1 aliphatic carbocycles. The van der Waals surface area contributed by atoms with E-state index < -0.39 is 21.6 Å². The number of rotatable bonds is 4. The summed E-state index contributed by atoms with van der Waals surface area (Å²) in [5, 5.41) is 0. The molecular weight excluding hydrogens is 577 g/mol. The summed E-state index contributed by atoms with van der Waals surface area (Å²) in [6.45, 7) is 5.44. The number of hydrogen-bond acceptors (Lipinski definition) is 6. The number of ether oxygens (including phenoxy) is 1. The Labute approximate surface area is 250 Å². The van der Waals surface area contributed by atoms with E-state index >= 15 is 0 Å². The van der Waals surface area contributed by atoms with Gasteiger partial charge in [-0.05, 0) is 107 Å². The maximum absolute atomic E-state index is 13.7. The lowest BCUT2D eigenvalue weighted by Gasteiger charge is -2.34. The number of sulfonamides is 1. The lowest BCUT2D eigenvalue weighted by Crippen LogP contribution is -2.41. The molecule has 1 saturated heterocycles. The molecule has 2 fully saturated rings. The van der Waals surface area contributed by atoms with Crippen LogP contribution < -0.4 is 9.46 Å². The number of hydrogen-bond donors (Lipinski definition) is 1. The van der Waals surface area contributed by atoms with Gasteiger partial charge in [-0.3, -0.25) is 4.90 Å². The number of fused-ring (bicyclic) bond motifs is 6. The highest BCUT2D eigenvalue weighted by molar-refractivity contribution is 7.92. The van der Waals surface area contributed by atoms with Gasteiger partial charge in [0.05, 0.1) is 16.0 Å². The molecule has 43 heavy (non-hydrogen) atoms. The maximum atomic E-state index is 13.7. The SMILES string of the molecule is Cc1cccc(C)c1-c1cc2nc(n1)NS(=O)(=O)c1cccc(c1)CC1CCCN(CCC3(C(F)(F)F)CC3)CC(C1)O2. The molecule has 11 heteroatoms. The Balaban J connectivity index is 1.37. The van der Waals surface area contributed by atoms with Crippen LogP contribution in [0, 0.1) is 25.2 Å². The van der Waals surface area contributed by atoms with Crippen LogP contribution in [0.15, 0.2) is 53.4 Å². The van der Waals surface area contributed by atoms with Crippen molar-refractivity contribution in [3.8, 4) is 17.1 Å². The zero-order chi connectivity index (χ0) is 30.4. The standard InChI is InChI=1S/C32H37F3N4O3S/c1-21-6-3-7-22(2)29(21)27-19-28-37-30(36-27)38-43(40,41)26-10-4-8-24(18-26)16-23-9-5-14-39(20-25(17-23)42-28)15-13-31(11-12-31)32(33,34)35/h3-4,6-8,10,18-19,23,25H,5,9,11-17,20H2,1-2H3,(H,36,37,38). The molecular formula is C32H37F3N4O3S. The Morgan fingerprint density at radius 3 is 2.53 bits per heavy atom. The lowest BCUT2D eigenvalue weighted by molar-refractivity contribution is -0.189. The van der Waals surface area contributed by atoms with Crippen molar-refractivity contribution in [3.05, 3.63) is 65.2 Å². The van der Waals surface area contributed by atoms with Gasteiger partial charge in [-0.25, -0.2) is 18.1 Å². The summed E-state index contributed by atoms with van der Waals surface area (Å²) in [6, 6.07) is 14.5. The molecule has 3 aliphatic rings. The van der Waals surface area contributed by atoms with Crippen molar-refractivity contribution in [2.75, 3.05) is 24.4 Å². The van der Waals surface area contributed by atoms with E-state index in [1.165, 1.54) is 0 Å². The van der Waals surface area contributed by atoms with Crippen LogP contribution in [-0.2, 0) is 16.4 Å². The zero-order valence-corrected chi connectivity index (χ0v) is 25.3. The number of likely N-dealkylation sites (tertiary alicyclic amines) is 1. The normalized spacial score (nSPS) is 23.3. The van der Waals surface area contributed by atoms with Crippen LogP contribution >= 0.6 is 0 Å². The highest BCUT2D eigenvalue weighted by atomic mass is 32.2. The number of benzene rings is 2. The van der Waals surface area contributed by atoms with Crippen LogP contribution in [0.1, 0.15) is 55.2 Å². The molecule has 230 valence electrons. The van der Waals surface area contributed by atoms with Crippen molar-refractivity contribution in [1.29, 1.82) is 0 Å². The monoisotopic (exact) mass is 614 g/mol. The van der Waals surface area contributed by atoms with Gasteiger partial charge in [0.2, 0.25) is 11.8 Å². The fourth-order valence-electron chi connectivity index (χ4n) is 6.62. The van der Waals surface area contributed by atoms with Crippen LogP contribution in [0.2, 0.25) is 0 Å². The van der Waals surface area contributed by atoms with Gasteiger partial charge in [0, 0.05) is 18.2 Å². The molecule has 2 aliphatic heterocycles. The largest absolute Gasteiger partial charge is 0.473 e. The van der Waals surface area contributed by atoms with Crippen LogP contribution in [-0.4, -0.2) is 55.2 Å². The van der Waals surface area contributed by atoms with Gasteiger partial charge >= 0.3 is 6.18 Å². The fraction of sp³-hybridized carbons (Fsp3) is 0.500. The summed E-state index contributed by atoms with van der Waals surface area (Å²) in [4.78, 5) is 11.3. The minimum Gasteiger partial charge on any atom is -0.473 e. The van der Waals surface area contributed by atoms with Gasteiger partial charge in [0.15, 0.2) is 0 Å². The molecule has 2 aromatic carbocycles. The summed E-state index contributed by atoms with van der Waals surface area (Å²) in [5.74, 6) is 0.345. The number of halogens is 3. The third-order valence-electron chi connectivity index (χ3n) is 9.19. The topological polar surface area (TPSA) is 84.4 Å². The Kier molecular flexibility index (Phi) is 7.91. The van der Waals surface area contributed by atoms with E-state index in [1.54, 1.807) is 24.3 Å². The van der Waals surface area contributed by atoms with E-state index in [0.29, 0.717) is 38.2 Å². The second kappa shape index (κ2) is 11.4. The minimum atomic E-state index is -4.17. The smallest absolute Gasteiger partial charge is 0.394 e. The van der Waals surface area contributed by atoms with Crippen LogP contribution in [0.5, 0.6) is 5.88 Å². The number of nitrogens with zero attached hydrogens (tertiary/aromatic N) is 3. The first-order chi connectivity index (χ1) is 20.4. The molecule has 1 aromatic heterocycles. The van der Waals surface area contributed by atoms with Crippen LogP contribution in [0.4, 0.5) is 19.1 Å². The Morgan fingerprint density at radius 2 is 1.81 bits per heavy atom. The molecule has 2 unspecified atom stereocenters. The molecule has 0 amide bonds. The molecule has 1 saturated carbocycles. The zero-order valence-electron chi connectivity index (χ0n) is 24.5. The Morgan fingerprint density at radius 1 is 1.07 bits per heavy atom.